The Bertz CT molecular complexity index is 1060. The Kier molecular flexibility index (Phi) is 5.81. The first kappa shape index (κ1) is 20.3. The molecule has 2 aliphatic rings. The van der Waals surface area contributed by atoms with Crippen molar-refractivity contribution in [1.29, 1.82) is 0 Å². The van der Waals surface area contributed by atoms with E-state index >= 15 is 0 Å². The number of thiazole rings is 1. The average molecular weight is 436 g/mol. The van der Waals surface area contributed by atoms with Gasteiger partial charge in [-0.25, -0.2) is 4.98 Å². The Morgan fingerprint density at radius 2 is 2.06 bits per heavy atom. The van der Waals surface area contributed by atoms with Gasteiger partial charge < -0.3 is 14.2 Å². The van der Waals surface area contributed by atoms with Crippen LogP contribution in [0.25, 0.3) is 0 Å². The van der Waals surface area contributed by atoms with Gasteiger partial charge in [0.05, 0.1) is 24.5 Å². The van der Waals surface area contributed by atoms with Crippen LogP contribution in [-0.4, -0.2) is 35.0 Å². The van der Waals surface area contributed by atoms with Gasteiger partial charge in [-0.05, 0) is 55.9 Å². The number of para-hydroxylation sites is 1. The van der Waals surface area contributed by atoms with Crippen molar-refractivity contribution >= 4 is 22.3 Å². The lowest BCUT2D eigenvalue weighted by atomic mass is 9.91. The van der Waals surface area contributed by atoms with Crippen molar-refractivity contribution < 1.29 is 9.53 Å². The summed E-state index contributed by atoms with van der Waals surface area (Å²) < 4.78 is 7.97. The summed E-state index contributed by atoms with van der Waals surface area (Å²) in [5, 5.41) is 3.25. The fraction of sp³-hybridized carbons (Fsp3) is 0.440. The summed E-state index contributed by atoms with van der Waals surface area (Å²) in [5.41, 5.74) is 4.12. The Hall–Kier alpha value is -2.60. The maximum absolute atomic E-state index is 13.2. The molecular weight excluding hydrogens is 406 g/mol. The first-order valence-electron chi connectivity index (χ1n) is 11.3. The quantitative estimate of drug-likeness (QED) is 0.505. The van der Waals surface area contributed by atoms with Crippen LogP contribution in [0.4, 0.5) is 5.13 Å². The van der Waals surface area contributed by atoms with Crippen LogP contribution in [0.1, 0.15) is 53.0 Å². The van der Waals surface area contributed by atoms with Gasteiger partial charge in [-0.2, -0.15) is 0 Å². The first-order valence-corrected chi connectivity index (χ1v) is 12.1. The number of aryl methyl sites for hydroxylation is 1. The van der Waals surface area contributed by atoms with Crippen LogP contribution in [0, 0.1) is 12.8 Å². The van der Waals surface area contributed by atoms with Gasteiger partial charge in [-0.15, -0.1) is 11.3 Å². The molecule has 0 radical (unpaired) electrons. The molecule has 2 aromatic heterocycles. The Morgan fingerprint density at radius 1 is 1.23 bits per heavy atom. The van der Waals surface area contributed by atoms with Crippen molar-refractivity contribution in [1.82, 2.24) is 9.55 Å². The first-order chi connectivity index (χ1) is 15.2. The van der Waals surface area contributed by atoms with Crippen molar-refractivity contribution in [3.8, 4) is 5.75 Å². The number of fused-ring (bicyclic) bond motifs is 1. The highest BCUT2D eigenvalue weighted by Gasteiger charge is 2.24. The third-order valence-electron chi connectivity index (χ3n) is 6.25. The number of nitrogens with zero attached hydrogens (tertiary/aromatic N) is 3. The van der Waals surface area contributed by atoms with Crippen LogP contribution in [0.2, 0.25) is 0 Å². The zero-order valence-corrected chi connectivity index (χ0v) is 18.9. The predicted molar refractivity (Wildman–Crippen MR) is 125 cm³/mol. The molecule has 0 spiro atoms. The van der Waals surface area contributed by atoms with E-state index in [1.54, 1.807) is 11.3 Å². The monoisotopic (exact) mass is 435 g/mol. The molecule has 1 atom stereocenters. The maximum atomic E-state index is 13.2. The zero-order chi connectivity index (χ0) is 21.2. The normalized spacial score (nSPS) is 18.5. The topological polar surface area (TPSA) is 47.4 Å². The number of ketones is 1. The van der Waals surface area contributed by atoms with E-state index in [1.165, 1.54) is 24.8 Å². The number of hydrogen-bond donors (Lipinski definition) is 0. The van der Waals surface area contributed by atoms with Crippen molar-refractivity contribution in [3.63, 3.8) is 0 Å². The highest BCUT2D eigenvalue weighted by molar-refractivity contribution is 7.13. The number of carbonyl (C=O) groups is 1. The van der Waals surface area contributed by atoms with Gasteiger partial charge in [-0.1, -0.05) is 18.2 Å². The number of aromatic nitrogens is 2. The predicted octanol–water partition coefficient (Wildman–Crippen LogP) is 5.12. The Morgan fingerprint density at radius 3 is 2.94 bits per heavy atom. The molecule has 1 unspecified atom stereocenters. The molecule has 0 N–H and O–H groups in total. The molecule has 31 heavy (non-hydrogen) atoms. The number of hydrogen-bond acceptors (Lipinski definition) is 5. The number of anilines is 1. The lowest BCUT2D eigenvalue weighted by Crippen LogP contribution is -2.29. The molecule has 0 amide bonds. The highest BCUT2D eigenvalue weighted by Crippen LogP contribution is 2.29. The Balaban J connectivity index is 1.27. The molecule has 162 valence electrons. The summed E-state index contributed by atoms with van der Waals surface area (Å²) in [6, 6.07) is 10.1. The van der Waals surface area contributed by atoms with Gasteiger partial charge in [0.1, 0.15) is 5.75 Å². The summed E-state index contributed by atoms with van der Waals surface area (Å²) >= 11 is 1.72. The average Bonchev–Trinajstić information content (AvgIpc) is 3.41. The molecule has 4 heterocycles. The van der Waals surface area contributed by atoms with Gasteiger partial charge in [0.25, 0.3) is 0 Å². The number of benzene rings is 1. The van der Waals surface area contributed by atoms with E-state index in [4.69, 9.17) is 9.72 Å². The van der Waals surface area contributed by atoms with Gasteiger partial charge in [0, 0.05) is 37.0 Å². The number of carbonyl (C=O) groups excluding carboxylic acids is 1. The standard InChI is InChI=1S/C25H29N3O2S/c1-18-11-22(23(29)13-19-12-20-7-3-4-8-24(20)30-16-19)28(14-18)15-21-17-31-25(26-21)27-9-5-2-6-10-27/h3-4,7-8,11,14,17,19H,2,5-6,9-10,12-13,15-16H2,1H3. The van der Waals surface area contributed by atoms with Gasteiger partial charge in [0.15, 0.2) is 10.9 Å². The smallest absolute Gasteiger partial charge is 0.185 e. The third kappa shape index (κ3) is 4.54. The van der Waals surface area contributed by atoms with Crippen LogP contribution in [0.5, 0.6) is 5.75 Å². The van der Waals surface area contributed by atoms with Crippen molar-refractivity contribution in [2.75, 3.05) is 24.6 Å². The minimum absolute atomic E-state index is 0.188. The summed E-state index contributed by atoms with van der Waals surface area (Å²) in [7, 11) is 0. The summed E-state index contributed by atoms with van der Waals surface area (Å²) in [6.07, 6.45) is 7.29. The summed E-state index contributed by atoms with van der Waals surface area (Å²) in [6.45, 7) is 5.50. The molecule has 5 rings (SSSR count). The van der Waals surface area contributed by atoms with Crippen LogP contribution in [-0.2, 0) is 13.0 Å². The van der Waals surface area contributed by atoms with Crippen LogP contribution < -0.4 is 9.64 Å². The highest BCUT2D eigenvalue weighted by atomic mass is 32.1. The second-order valence-electron chi connectivity index (χ2n) is 8.82. The van der Waals surface area contributed by atoms with Gasteiger partial charge in [0.2, 0.25) is 0 Å². The molecule has 0 bridgehead atoms. The zero-order valence-electron chi connectivity index (χ0n) is 18.0. The van der Waals surface area contributed by atoms with E-state index in [9.17, 15) is 4.79 Å². The number of piperidine rings is 1. The summed E-state index contributed by atoms with van der Waals surface area (Å²) in [5.74, 6) is 1.36. The fourth-order valence-electron chi connectivity index (χ4n) is 4.69. The van der Waals surface area contributed by atoms with E-state index < -0.39 is 0 Å². The largest absolute Gasteiger partial charge is 0.493 e. The number of rotatable bonds is 6. The van der Waals surface area contributed by atoms with E-state index in [0.29, 0.717) is 19.6 Å². The lowest BCUT2D eigenvalue weighted by molar-refractivity contribution is 0.0925. The van der Waals surface area contributed by atoms with Crippen molar-refractivity contribution in [2.45, 2.75) is 45.6 Å². The van der Waals surface area contributed by atoms with Crippen LogP contribution >= 0.6 is 11.3 Å². The third-order valence-corrected chi connectivity index (χ3v) is 7.20. The van der Waals surface area contributed by atoms with Crippen molar-refractivity contribution in [2.24, 2.45) is 5.92 Å². The minimum atomic E-state index is 0.188. The van der Waals surface area contributed by atoms with E-state index in [1.807, 2.05) is 31.2 Å². The summed E-state index contributed by atoms with van der Waals surface area (Å²) in [4.78, 5) is 20.5. The minimum Gasteiger partial charge on any atom is -0.493 e. The fourth-order valence-corrected chi connectivity index (χ4v) is 5.56. The van der Waals surface area contributed by atoms with Crippen LogP contribution in [0.3, 0.4) is 0 Å². The number of ether oxygens (including phenoxy) is 1. The van der Waals surface area contributed by atoms with Crippen LogP contribution in [0.15, 0.2) is 41.9 Å². The maximum Gasteiger partial charge on any atom is 0.185 e. The molecule has 1 saturated heterocycles. The molecular formula is C25H29N3O2S. The molecule has 1 fully saturated rings. The molecule has 2 aliphatic heterocycles. The van der Waals surface area contributed by atoms with Gasteiger partial charge >= 0.3 is 0 Å². The van der Waals surface area contributed by atoms with E-state index in [0.717, 1.165) is 47.3 Å². The molecule has 3 aromatic rings. The lowest BCUT2D eigenvalue weighted by Gasteiger charge is -2.25. The second kappa shape index (κ2) is 8.87. The van der Waals surface area contributed by atoms with Gasteiger partial charge in [-0.3, -0.25) is 4.79 Å². The molecule has 5 nitrogen and oxygen atoms in total. The second-order valence-corrected chi connectivity index (χ2v) is 9.65. The number of Topliss-reactive ketones (excluding diaryl/α,β-unsaturated/α-hetero) is 1. The Labute approximate surface area is 187 Å². The molecule has 0 aliphatic carbocycles. The van der Waals surface area contributed by atoms with Crippen molar-refractivity contribution in [3.05, 3.63) is 64.4 Å². The SMILES string of the molecule is Cc1cc(C(=O)CC2COc3ccccc3C2)n(Cc2csc(N3CCCCC3)n2)c1. The molecule has 1 aromatic carbocycles. The molecule has 6 heteroatoms. The van der Waals surface area contributed by atoms with E-state index in [2.05, 4.69) is 27.1 Å². The molecule has 0 saturated carbocycles. The van der Waals surface area contributed by atoms with E-state index in [-0.39, 0.29) is 11.7 Å².